The van der Waals surface area contributed by atoms with Gasteiger partial charge in [-0.15, -0.1) is 11.3 Å². The monoisotopic (exact) mass is 524 g/mol. The van der Waals surface area contributed by atoms with Gasteiger partial charge in [0.2, 0.25) is 5.91 Å². The second kappa shape index (κ2) is 12.3. The average Bonchev–Trinajstić information content (AvgIpc) is 3.35. The van der Waals surface area contributed by atoms with Crippen LogP contribution >= 0.6 is 18.9 Å². The minimum atomic E-state index is -3.68. The topological polar surface area (TPSA) is 138 Å². The summed E-state index contributed by atoms with van der Waals surface area (Å²) in [4.78, 5) is 44.6. The van der Waals surface area contributed by atoms with Crippen LogP contribution in [0.3, 0.4) is 0 Å². The van der Waals surface area contributed by atoms with E-state index in [1.807, 2.05) is 30.3 Å². The molecule has 1 saturated heterocycles. The summed E-state index contributed by atoms with van der Waals surface area (Å²) in [5.41, 5.74) is 0.989. The average molecular weight is 525 g/mol. The molecule has 0 unspecified atom stereocenters. The SMILES string of the molecule is CCOP(=O)(C[C@H](NC(=O)c1csc(-c2ccccc2)n1)C(=O)N1CCN(C(=O)O)CC1)OCC. The number of amides is 3. The van der Waals surface area contributed by atoms with E-state index in [4.69, 9.17) is 14.2 Å². The third-order valence-corrected chi connectivity index (χ3v) is 8.29. The molecule has 0 radical (unpaired) electrons. The molecule has 3 rings (SSSR count). The van der Waals surface area contributed by atoms with Gasteiger partial charge in [-0.05, 0) is 13.8 Å². The van der Waals surface area contributed by atoms with Crippen LogP contribution in [0.2, 0.25) is 0 Å². The van der Waals surface area contributed by atoms with Gasteiger partial charge in [-0.1, -0.05) is 30.3 Å². The van der Waals surface area contributed by atoms with E-state index >= 15 is 0 Å². The maximum atomic E-state index is 13.3. The second-order valence-corrected chi connectivity index (χ2v) is 10.6. The molecule has 0 saturated carbocycles. The highest BCUT2D eigenvalue weighted by Crippen LogP contribution is 2.48. The number of nitrogens with one attached hydrogen (secondary N) is 1. The van der Waals surface area contributed by atoms with Crippen molar-refractivity contribution in [1.29, 1.82) is 0 Å². The molecule has 190 valence electrons. The standard InChI is InChI=1S/C22H29N4O7PS/c1-3-32-34(31,33-4-2)14-17(21(28)25-10-12-26(13-11-25)22(29)30)23-19(27)18-15-35-20(24-18)16-8-6-5-7-9-16/h5-9,15,17H,3-4,10-14H2,1-2H3,(H,23,27)(H,29,30)/t17-/m0/s1. The summed E-state index contributed by atoms with van der Waals surface area (Å²) >= 11 is 1.29. The number of carbonyl (C=O) groups is 3. The Bertz CT molecular complexity index is 1060. The Morgan fingerprint density at radius 1 is 1.09 bits per heavy atom. The highest BCUT2D eigenvalue weighted by atomic mass is 32.1. The van der Waals surface area contributed by atoms with Gasteiger partial charge in [0.05, 0.1) is 19.4 Å². The number of hydrogen-bond acceptors (Lipinski definition) is 8. The molecule has 0 bridgehead atoms. The summed E-state index contributed by atoms with van der Waals surface area (Å²) in [6, 6.07) is 8.17. The van der Waals surface area contributed by atoms with Gasteiger partial charge in [0.25, 0.3) is 5.91 Å². The van der Waals surface area contributed by atoms with Crippen molar-refractivity contribution in [1.82, 2.24) is 20.1 Å². The highest BCUT2D eigenvalue weighted by Gasteiger charge is 2.37. The first kappa shape index (κ1) is 26.8. The summed E-state index contributed by atoms with van der Waals surface area (Å²) < 4.78 is 23.9. The molecule has 1 aromatic heterocycles. The molecular weight excluding hydrogens is 495 g/mol. The molecule has 2 aromatic rings. The zero-order valence-corrected chi connectivity index (χ0v) is 21.3. The molecule has 35 heavy (non-hydrogen) atoms. The quantitative estimate of drug-likeness (QED) is 0.453. The Kier molecular flexibility index (Phi) is 9.39. The lowest BCUT2D eigenvalue weighted by molar-refractivity contribution is -0.134. The lowest BCUT2D eigenvalue weighted by atomic mass is 10.2. The van der Waals surface area contributed by atoms with E-state index in [-0.39, 0.29) is 51.2 Å². The van der Waals surface area contributed by atoms with Crippen molar-refractivity contribution < 1.29 is 33.1 Å². The Morgan fingerprint density at radius 3 is 2.26 bits per heavy atom. The smallest absolute Gasteiger partial charge is 0.407 e. The van der Waals surface area contributed by atoms with E-state index in [2.05, 4.69) is 10.3 Å². The zero-order chi connectivity index (χ0) is 25.4. The van der Waals surface area contributed by atoms with Crippen LogP contribution < -0.4 is 5.32 Å². The number of benzene rings is 1. The molecule has 3 amide bonds. The Balaban J connectivity index is 1.79. The van der Waals surface area contributed by atoms with Crippen LogP contribution in [0.25, 0.3) is 10.6 Å². The van der Waals surface area contributed by atoms with Crippen LogP contribution in [0.15, 0.2) is 35.7 Å². The molecule has 1 aromatic carbocycles. The summed E-state index contributed by atoms with van der Waals surface area (Å²) in [5.74, 6) is -1.08. The van der Waals surface area contributed by atoms with Crippen molar-refractivity contribution in [3.63, 3.8) is 0 Å². The van der Waals surface area contributed by atoms with Gasteiger partial charge >= 0.3 is 13.7 Å². The third-order valence-electron chi connectivity index (χ3n) is 5.28. The van der Waals surface area contributed by atoms with Crippen molar-refractivity contribution >= 4 is 36.8 Å². The number of aromatic nitrogens is 1. The fourth-order valence-electron chi connectivity index (χ4n) is 3.61. The maximum Gasteiger partial charge on any atom is 0.407 e. The van der Waals surface area contributed by atoms with Crippen LogP contribution in [-0.4, -0.2) is 89.4 Å². The number of hydrogen-bond donors (Lipinski definition) is 2. The van der Waals surface area contributed by atoms with E-state index < -0.39 is 31.5 Å². The summed E-state index contributed by atoms with van der Waals surface area (Å²) in [7, 11) is -3.68. The molecule has 2 heterocycles. The number of nitrogens with zero attached hydrogens (tertiary/aromatic N) is 3. The van der Waals surface area contributed by atoms with Gasteiger partial charge in [0.1, 0.15) is 16.7 Å². The van der Waals surface area contributed by atoms with Crippen molar-refractivity contribution in [2.45, 2.75) is 19.9 Å². The van der Waals surface area contributed by atoms with Crippen molar-refractivity contribution in [2.24, 2.45) is 0 Å². The summed E-state index contributed by atoms with van der Waals surface area (Å²) in [6.07, 6.45) is -1.41. The van der Waals surface area contributed by atoms with Crippen molar-refractivity contribution in [2.75, 3.05) is 45.6 Å². The molecular formula is C22H29N4O7PS. The third kappa shape index (κ3) is 7.11. The highest BCUT2D eigenvalue weighted by molar-refractivity contribution is 7.54. The van der Waals surface area contributed by atoms with Crippen LogP contribution in [0, 0.1) is 0 Å². The number of carboxylic acid groups (broad SMARTS) is 1. The van der Waals surface area contributed by atoms with Gasteiger partial charge in [-0.3, -0.25) is 14.2 Å². The molecule has 1 aliphatic rings. The van der Waals surface area contributed by atoms with Crippen molar-refractivity contribution in [3.8, 4) is 10.6 Å². The molecule has 11 nitrogen and oxygen atoms in total. The van der Waals surface area contributed by atoms with Gasteiger partial charge in [-0.25, -0.2) is 9.78 Å². The first-order valence-electron chi connectivity index (χ1n) is 11.2. The van der Waals surface area contributed by atoms with Crippen LogP contribution in [0.1, 0.15) is 24.3 Å². The molecule has 2 N–H and O–H groups in total. The van der Waals surface area contributed by atoms with Crippen LogP contribution in [0.5, 0.6) is 0 Å². The number of rotatable bonds is 10. The van der Waals surface area contributed by atoms with Gasteiger partial charge in [0.15, 0.2) is 0 Å². The predicted molar refractivity (Wildman–Crippen MR) is 131 cm³/mol. The van der Waals surface area contributed by atoms with Gasteiger partial charge < -0.3 is 29.3 Å². The first-order valence-corrected chi connectivity index (χ1v) is 13.8. The normalized spacial score (nSPS) is 15.0. The minimum absolute atomic E-state index is 0.107. The lowest BCUT2D eigenvalue weighted by Crippen LogP contribution is -2.56. The van der Waals surface area contributed by atoms with E-state index in [1.165, 1.54) is 21.1 Å². The number of carbonyl (C=O) groups excluding carboxylic acids is 2. The Labute approximate surface area is 207 Å². The minimum Gasteiger partial charge on any atom is -0.465 e. The van der Waals surface area contributed by atoms with Crippen molar-refractivity contribution in [3.05, 3.63) is 41.4 Å². The van der Waals surface area contributed by atoms with Crippen LogP contribution in [0.4, 0.5) is 4.79 Å². The Hall–Kier alpha value is -2.79. The number of piperazine rings is 1. The van der Waals surface area contributed by atoms with E-state index in [1.54, 1.807) is 19.2 Å². The molecule has 0 spiro atoms. The molecule has 1 aliphatic heterocycles. The maximum absolute atomic E-state index is 13.3. The van der Waals surface area contributed by atoms with Gasteiger partial charge in [-0.2, -0.15) is 0 Å². The van der Waals surface area contributed by atoms with E-state index in [9.17, 15) is 18.9 Å². The van der Waals surface area contributed by atoms with E-state index in [0.717, 1.165) is 5.56 Å². The molecule has 1 fully saturated rings. The van der Waals surface area contributed by atoms with Gasteiger partial charge in [0, 0.05) is 37.1 Å². The predicted octanol–water partition coefficient (Wildman–Crippen LogP) is 3.00. The molecule has 13 heteroatoms. The second-order valence-electron chi connectivity index (χ2n) is 7.65. The van der Waals surface area contributed by atoms with E-state index in [0.29, 0.717) is 5.01 Å². The zero-order valence-electron chi connectivity index (χ0n) is 19.6. The number of thiazole rings is 1. The Morgan fingerprint density at radius 2 is 1.69 bits per heavy atom. The summed E-state index contributed by atoms with van der Waals surface area (Å²) in [5, 5.41) is 14.1. The lowest BCUT2D eigenvalue weighted by Gasteiger charge is -2.35. The molecule has 0 aliphatic carbocycles. The largest absolute Gasteiger partial charge is 0.465 e. The fourth-order valence-corrected chi connectivity index (χ4v) is 6.18. The fraction of sp³-hybridized carbons (Fsp3) is 0.455. The summed E-state index contributed by atoms with van der Waals surface area (Å²) in [6.45, 7) is 4.12. The van der Waals surface area contributed by atoms with Crippen LogP contribution in [-0.2, 0) is 18.4 Å². The first-order chi connectivity index (χ1) is 16.8. The molecule has 1 atom stereocenters.